The lowest BCUT2D eigenvalue weighted by atomic mass is 10.2. The molecule has 19 heavy (non-hydrogen) atoms. The van der Waals surface area contributed by atoms with Crippen LogP contribution in [-0.4, -0.2) is 25.2 Å². The van der Waals surface area contributed by atoms with Crippen molar-refractivity contribution in [1.29, 1.82) is 0 Å². The summed E-state index contributed by atoms with van der Waals surface area (Å²) >= 11 is 6.08. The Kier molecular flexibility index (Phi) is 5.63. The molecule has 106 valence electrons. The number of carbonyl (C=O) groups is 1. The standard InChI is InChI=1S/C14H20ClNO3/c1-14(2,3)19-9-13(17)16-8-10-11(15)6-5-7-12(10)18-4/h5-7H,8-9H2,1-4H3,(H,16,17). The van der Waals surface area contributed by atoms with Crippen LogP contribution < -0.4 is 10.1 Å². The predicted octanol–water partition coefficient (Wildman–Crippen LogP) is 2.78. The van der Waals surface area contributed by atoms with E-state index in [2.05, 4.69) is 5.32 Å². The Morgan fingerprint density at radius 3 is 2.63 bits per heavy atom. The first kappa shape index (κ1) is 15.8. The van der Waals surface area contributed by atoms with Crippen molar-refractivity contribution >= 4 is 17.5 Å². The lowest BCUT2D eigenvalue weighted by Crippen LogP contribution is -2.31. The van der Waals surface area contributed by atoms with Crippen LogP contribution in [0, 0.1) is 0 Å². The largest absolute Gasteiger partial charge is 0.496 e. The highest BCUT2D eigenvalue weighted by molar-refractivity contribution is 6.31. The number of rotatable bonds is 5. The third-order valence-corrected chi connectivity index (χ3v) is 2.75. The highest BCUT2D eigenvalue weighted by Gasteiger charge is 2.14. The zero-order valence-corrected chi connectivity index (χ0v) is 12.5. The summed E-state index contributed by atoms with van der Waals surface area (Å²) < 4.78 is 10.6. The summed E-state index contributed by atoms with van der Waals surface area (Å²) in [5.41, 5.74) is 0.426. The monoisotopic (exact) mass is 285 g/mol. The summed E-state index contributed by atoms with van der Waals surface area (Å²) in [4.78, 5) is 11.7. The highest BCUT2D eigenvalue weighted by atomic mass is 35.5. The van der Waals surface area contributed by atoms with Gasteiger partial charge in [-0.2, -0.15) is 0 Å². The predicted molar refractivity (Wildman–Crippen MR) is 75.6 cm³/mol. The van der Waals surface area contributed by atoms with E-state index in [1.807, 2.05) is 20.8 Å². The number of hydrogen-bond donors (Lipinski definition) is 1. The Labute approximate surface area is 119 Å². The number of carbonyl (C=O) groups excluding carboxylic acids is 1. The fourth-order valence-corrected chi connectivity index (χ4v) is 1.65. The number of hydrogen-bond acceptors (Lipinski definition) is 3. The van der Waals surface area contributed by atoms with Gasteiger partial charge in [0.2, 0.25) is 5.91 Å². The lowest BCUT2D eigenvalue weighted by Gasteiger charge is -2.19. The van der Waals surface area contributed by atoms with Crippen LogP contribution in [0.4, 0.5) is 0 Å². The van der Waals surface area contributed by atoms with E-state index in [1.54, 1.807) is 25.3 Å². The van der Waals surface area contributed by atoms with Gasteiger partial charge in [0, 0.05) is 17.1 Å². The molecule has 0 radical (unpaired) electrons. The molecule has 1 aromatic rings. The number of ether oxygens (including phenoxy) is 2. The van der Waals surface area contributed by atoms with Gasteiger partial charge in [-0.05, 0) is 32.9 Å². The van der Waals surface area contributed by atoms with E-state index in [-0.39, 0.29) is 18.1 Å². The highest BCUT2D eigenvalue weighted by Crippen LogP contribution is 2.25. The summed E-state index contributed by atoms with van der Waals surface area (Å²) in [6.45, 7) is 6.04. The van der Waals surface area contributed by atoms with E-state index in [0.29, 0.717) is 17.3 Å². The quantitative estimate of drug-likeness (QED) is 0.905. The van der Waals surface area contributed by atoms with Gasteiger partial charge in [0.25, 0.3) is 0 Å². The van der Waals surface area contributed by atoms with Crippen LogP contribution in [0.1, 0.15) is 26.3 Å². The second-order valence-electron chi connectivity index (χ2n) is 5.10. The first-order valence-electron chi connectivity index (χ1n) is 6.05. The van der Waals surface area contributed by atoms with Crippen LogP contribution >= 0.6 is 11.6 Å². The fraction of sp³-hybridized carbons (Fsp3) is 0.500. The van der Waals surface area contributed by atoms with Gasteiger partial charge in [-0.25, -0.2) is 0 Å². The molecule has 4 nitrogen and oxygen atoms in total. The number of amides is 1. The molecule has 0 aromatic heterocycles. The van der Waals surface area contributed by atoms with Gasteiger partial charge in [-0.15, -0.1) is 0 Å². The minimum Gasteiger partial charge on any atom is -0.496 e. The zero-order chi connectivity index (χ0) is 14.5. The van der Waals surface area contributed by atoms with Crippen LogP contribution in [0.15, 0.2) is 18.2 Å². The third kappa shape index (κ3) is 5.49. The van der Waals surface area contributed by atoms with Crippen molar-refractivity contribution in [1.82, 2.24) is 5.32 Å². The summed E-state index contributed by atoms with van der Waals surface area (Å²) in [6, 6.07) is 5.37. The molecule has 5 heteroatoms. The van der Waals surface area contributed by atoms with Gasteiger partial charge in [-0.3, -0.25) is 4.79 Å². The maximum atomic E-state index is 11.7. The van der Waals surface area contributed by atoms with Gasteiger partial charge in [0.1, 0.15) is 12.4 Å². The molecule has 0 aliphatic rings. The number of methoxy groups -OCH3 is 1. The molecular formula is C14H20ClNO3. The molecule has 0 spiro atoms. The van der Waals surface area contributed by atoms with Crippen LogP contribution in [0.2, 0.25) is 5.02 Å². The summed E-state index contributed by atoms with van der Waals surface area (Å²) in [5.74, 6) is 0.474. The summed E-state index contributed by atoms with van der Waals surface area (Å²) in [6.07, 6.45) is 0. The molecule has 0 unspecified atom stereocenters. The molecular weight excluding hydrogens is 266 g/mol. The van der Waals surface area contributed by atoms with Crippen molar-refractivity contribution in [2.75, 3.05) is 13.7 Å². The molecule has 1 amide bonds. The Bertz CT molecular complexity index is 441. The number of nitrogens with one attached hydrogen (secondary N) is 1. The summed E-state index contributed by atoms with van der Waals surface area (Å²) in [5, 5.41) is 3.32. The van der Waals surface area contributed by atoms with Gasteiger partial charge >= 0.3 is 0 Å². The van der Waals surface area contributed by atoms with Crippen molar-refractivity contribution in [3.05, 3.63) is 28.8 Å². The van der Waals surface area contributed by atoms with Gasteiger partial charge in [-0.1, -0.05) is 17.7 Å². The molecule has 0 saturated heterocycles. The molecule has 1 N–H and O–H groups in total. The molecule has 1 rings (SSSR count). The Morgan fingerprint density at radius 1 is 1.37 bits per heavy atom. The van der Waals surface area contributed by atoms with E-state index in [0.717, 1.165) is 5.56 Å². The second-order valence-corrected chi connectivity index (χ2v) is 5.51. The van der Waals surface area contributed by atoms with Crippen molar-refractivity contribution in [3.63, 3.8) is 0 Å². The molecule has 0 atom stereocenters. The SMILES string of the molecule is COc1cccc(Cl)c1CNC(=O)COC(C)(C)C. The van der Waals surface area contributed by atoms with Gasteiger partial charge in [0.05, 0.1) is 12.7 Å². The fourth-order valence-electron chi connectivity index (χ4n) is 1.42. The number of halogens is 1. The third-order valence-electron chi connectivity index (χ3n) is 2.39. The van der Waals surface area contributed by atoms with Crippen molar-refractivity contribution in [2.24, 2.45) is 0 Å². The average molecular weight is 286 g/mol. The smallest absolute Gasteiger partial charge is 0.246 e. The van der Waals surface area contributed by atoms with Crippen molar-refractivity contribution < 1.29 is 14.3 Å². The van der Waals surface area contributed by atoms with E-state index in [4.69, 9.17) is 21.1 Å². The van der Waals surface area contributed by atoms with Crippen molar-refractivity contribution in [3.8, 4) is 5.75 Å². The molecule has 1 aromatic carbocycles. The van der Waals surface area contributed by atoms with E-state index < -0.39 is 0 Å². The van der Waals surface area contributed by atoms with Crippen LogP contribution in [0.5, 0.6) is 5.75 Å². The first-order chi connectivity index (χ1) is 8.83. The van der Waals surface area contributed by atoms with Gasteiger partial charge in [0.15, 0.2) is 0 Å². The molecule has 0 heterocycles. The lowest BCUT2D eigenvalue weighted by molar-refractivity contribution is -0.130. The number of benzene rings is 1. The molecule has 0 fully saturated rings. The van der Waals surface area contributed by atoms with E-state index >= 15 is 0 Å². The molecule has 0 aliphatic heterocycles. The minimum atomic E-state index is -0.334. The minimum absolute atomic E-state index is 0.0241. The Balaban J connectivity index is 2.55. The van der Waals surface area contributed by atoms with Crippen LogP contribution in [0.3, 0.4) is 0 Å². The Hall–Kier alpha value is -1.26. The molecule has 0 aliphatic carbocycles. The van der Waals surface area contributed by atoms with Gasteiger partial charge < -0.3 is 14.8 Å². The van der Waals surface area contributed by atoms with Crippen LogP contribution in [0.25, 0.3) is 0 Å². The molecule has 0 saturated carbocycles. The first-order valence-corrected chi connectivity index (χ1v) is 6.43. The topological polar surface area (TPSA) is 47.6 Å². The second kappa shape index (κ2) is 6.78. The average Bonchev–Trinajstić information content (AvgIpc) is 2.33. The van der Waals surface area contributed by atoms with E-state index in [9.17, 15) is 4.79 Å². The van der Waals surface area contributed by atoms with Crippen molar-refractivity contribution in [2.45, 2.75) is 32.9 Å². The normalized spacial score (nSPS) is 11.2. The maximum absolute atomic E-state index is 11.7. The van der Waals surface area contributed by atoms with Crippen LogP contribution in [-0.2, 0) is 16.1 Å². The Morgan fingerprint density at radius 2 is 2.05 bits per heavy atom. The molecule has 0 bridgehead atoms. The van der Waals surface area contributed by atoms with E-state index in [1.165, 1.54) is 0 Å². The summed E-state index contributed by atoms with van der Waals surface area (Å²) in [7, 11) is 1.57. The maximum Gasteiger partial charge on any atom is 0.246 e. The zero-order valence-electron chi connectivity index (χ0n) is 11.7.